The molecular weight excluding hydrogens is 374 g/mol. The summed E-state index contributed by atoms with van der Waals surface area (Å²) >= 11 is 0. The van der Waals surface area contributed by atoms with Gasteiger partial charge in [0.1, 0.15) is 0 Å². The van der Waals surface area contributed by atoms with Crippen LogP contribution >= 0.6 is 0 Å². The third kappa shape index (κ3) is 4.79. The lowest BCUT2D eigenvalue weighted by molar-refractivity contribution is 0.0698. The average molecular weight is 400 g/mol. The normalized spacial score (nSPS) is 15.7. The molecule has 1 aliphatic rings. The Balaban J connectivity index is 1.60. The predicted octanol–water partition coefficient (Wildman–Crippen LogP) is 2.51. The highest BCUT2D eigenvalue weighted by molar-refractivity contribution is 7.92. The molecule has 0 radical (unpaired) electrons. The van der Waals surface area contributed by atoms with Crippen LogP contribution in [0.15, 0.2) is 60.0 Å². The molecule has 1 saturated heterocycles. The minimum Gasteiger partial charge on any atom is -0.378 e. The molecule has 1 heterocycles. The quantitative estimate of drug-likeness (QED) is 0.775. The Bertz CT molecular complexity index is 931. The van der Waals surface area contributed by atoms with E-state index in [1.54, 1.807) is 11.0 Å². The second-order valence-corrected chi connectivity index (χ2v) is 8.71. The fourth-order valence-electron chi connectivity index (χ4n) is 3.05. The predicted molar refractivity (Wildman–Crippen MR) is 113 cm³/mol. The lowest BCUT2D eigenvalue weighted by atomic mass is 10.1. The second-order valence-electron chi connectivity index (χ2n) is 6.89. The van der Waals surface area contributed by atoms with Crippen LogP contribution in [-0.4, -0.2) is 63.8 Å². The molecule has 2 aromatic rings. The van der Waals surface area contributed by atoms with Gasteiger partial charge in [-0.05, 0) is 35.9 Å². The molecule has 0 saturated carbocycles. The standard InChI is InChI=1S/C21H25N3O3S/c1-22(2)20-10-8-19(9-11-20)21(25)23-13-15-24(16-14-23)28(26,27)17-12-18-6-4-3-5-7-18/h3-12,17H,13-16H2,1-2H3/b17-12+. The van der Waals surface area contributed by atoms with Gasteiger partial charge >= 0.3 is 0 Å². The number of piperazine rings is 1. The zero-order valence-corrected chi connectivity index (χ0v) is 17.0. The van der Waals surface area contributed by atoms with Crippen LogP contribution in [0.1, 0.15) is 15.9 Å². The van der Waals surface area contributed by atoms with Crippen molar-refractivity contribution in [3.63, 3.8) is 0 Å². The first kappa shape index (κ1) is 20.1. The maximum Gasteiger partial charge on any atom is 0.253 e. The molecular formula is C21H25N3O3S. The first-order valence-electron chi connectivity index (χ1n) is 9.17. The number of rotatable bonds is 5. The van der Waals surface area contributed by atoms with Gasteiger partial charge in [0, 0.05) is 56.9 Å². The summed E-state index contributed by atoms with van der Waals surface area (Å²) in [5.41, 5.74) is 2.48. The molecule has 3 rings (SSSR count). The lowest BCUT2D eigenvalue weighted by Gasteiger charge is -2.33. The summed E-state index contributed by atoms with van der Waals surface area (Å²) in [6.45, 7) is 1.35. The average Bonchev–Trinajstić information content (AvgIpc) is 2.73. The molecule has 148 valence electrons. The maximum absolute atomic E-state index is 12.7. The van der Waals surface area contributed by atoms with E-state index in [1.165, 1.54) is 9.71 Å². The molecule has 1 aliphatic heterocycles. The monoisotopic (exact) mass is 399 g/mol. The van der Waals surface area contributed by atoms with Crippen molar-refractivity contribution in [2.24, 2.45) is 0 Å². The Hall–Kier alpha value is -2.64. The SMILES string of the molecule is CN(C)c1ccc(C(=O)N2CCN(S(=O)(=O)/C=C/c3ccccc3)CC2)cc1. The fourth-order valence-corrected chi connectivity index (χ4v) is 4.22. The van der Waals surface area contributed by atoms with E-state index < -0.39 is 10.0 Å². The zero-order chi connectivity index (χ0) is 20.1. The number of sulfonamides is 1. The van der Waals surface area contributed by atoms with Gasteiger partial charge in [0.05, 0.1) is 0 Å². The Kier molecular flexibility index (Phi) is 6.16. The molecule has 0 aliphatic carbocycles. The van der Waals surface area contributed by atoms with Gasteiger partial charge in [-0.25, -0.2) is 8.42 Å². The van der Waals surface area contributed by atoms with Gasteiger partial charge in [-0.1, -0.05) is 30.3 Å². The van der Waals surface area contributed by atoms with Crippen molar-refractivity contribution in [2.75, 3.05) is 45.2 Å². The van der Waals surface area contributed by atoms with E-state index in [0.29, 0.717) is 31.7 Å². The van der Waals surface area contributed by atoms with Gasteiger partial charge in [-0.2, -0.15) is 4.31 Å². The first-order valence-corrected chi connectivity index (χ1v) is 10.7. The Morgan fingerprint density at radius 3 is 2.11 bits per heavy atom. The highest BCUT2D eigenvalue weighted by Gasteiger charge is 2.27. The van der Waals surface area contributed by atoms with Crippen LogP contribution in [0.5, 0.6) is 0 Å². The highest BCUT2D eigenvalue weighted by atomic mass is 32.2. The molecule has 7 heteroatoms. The van der Waals surface area contributed by atoms with Crippen molar-refractivity contribution < 1.29 is 13.2 Å². The number of hydrogen-bond acceptors (Lipinski definition) is 4. The molecule has 2 aromatic carbocycles. The number of carbonyl (C=O) groups excluding carboxylic acids is 1. The topological polar surface area (TPSA) is 60.9 Å². The number of carbonyl (C=O) groups is 1. The molecule has 28 heavy (non-hydrogen) atoms. The summed E-state index contributed by atoms with van der Waals surface area (Å²) < 4.78 is 26.5. The van der Waals surface area contributed by atoms with Crippen LogP contribution in [0.25, 0.3) is 6.08 Å². The van der Waals surface area contributed by atoms with Crippen molar-refractivity contribution in [1.29, 1.82) is 0 Å². The van der Waals surface area contributed by atoms with Crippen LogP contribution < -0.4 is 4.90 Å². The van der Waals surface area contributed by atoms with Gasteiger partial charge in [-0.15, -0.1) is 0 Å². The van der Waals surface area contributed by atoms with Crippen molar-refractivity contribution in [2.45, 2.75) is 0 Å². The van der Waals surface area contributed by atoms with E-state index >= 15 is 0 Å². The molecule has 0 unspecified atom stereocenters. The summed E-state index contributed by atoms with van der Waals surface area (Å²) in [6.07, 6.45) is 1.60. The first-order chi connectivity index (χ1) is 13.4. The lowest BCUT2D eigenvalue weighted by Crippen LogP contribution is -2.50. The Morgan fingerprint density at radius 2 is 1.54 bits per heavy atom. The molecule has 1 amide bonds. The maximum atomic E-state index is 12.7. The summed E-state index contributed by atoms with van der Waals surface area (Å²) in [5.74, 6) is -0.0674. The minimum atomic E-state index is -3.50. The van der Waals surface area contributed by atoms with Gasteiger partial charge in [-0.3, -0.25) is 4.79 Å². The number of hydrogen-bond donors (Lipinski definition) is 0. The molecule has 0 atom stereocenters. The summed E-state index contributed by atoms with van der Waals surface area (Å²) in [6, 6.07) is 16.7. The molecule has 1 fully saturated rings. The Labute approximate surface area is 166 Å². The van der Waals surface area contributed by atoms with E-state index in [1.807, 2.05) is 73.6 Å². The van der Waals surface area contributed by atoms with E-state index in [9.17, 15) is 13.2 Å². The zero-order valence-electron chi connectivity index (χ0n) is 16.2. The van der Waals surface area contributed by atoms with Crippen molar-refractivity contribution in [1.82, 2.24) is 9.21 Å². The summed E-state index contributed by atoms with van der Waals surface area (Å²) in [7, 11) is 0.393. The van der Waals surface area contributed by atoms with Gasteiger partial charge in [0.15, 0.2) is 0 Å². The molecule has 0 spiro atoms. The molecule has 6 nitrogen and oxygen atoms in total. The van der Waals surface area contributed by atoms with Crippen LogP contribution in [0, 0.1) is 0 Å². The number of amides is 1. The molecule has 0 bridgehead atoms. The smallest absolute Gasteiger partial charge is 0.253 e. The van der Waals surface area contributed by atoms with Gasteiger partial charge in [0.2, 0.25) is 10.0 Å². The van der Waals surface area contributed by atoms with Gasteiger partial charge in [0.25, 0.3) is 5.91 Å². The van der Waals surface area contributed by atoms with Crippen molar-refractivity contribution >= 4 is 27.7 Å². The number of anilines is 1. The second kappa shape index (κ2) is 8.58. The van der Waals surface area contributed by atoms with Crippen LogP contribution in [-0.2, 0) is 10.0 Å². The molecule has 0 aromatic heterocycles. The van der Waals surface area contributed by atoms with Crippen molar-refractivity contribution in [3.8, 4) is 0 Å². The Morgan fingerprint density at radius 1 is 0.929 bits per heavy atom. The summed E-state index contributed by atoms with van der Waals surface area (Å²) in [4.78, 5) is 16.4. The number of benzene rings is 2. The minimum absolute atomic E-state index is 0.0674. The van der Waals surface area contributed by atoms with Crippen molar-refractivity contribution in [3.05, 3.63) is 71.1 Å². The fraction of sp³-hybridized carbons (Fsp3) is 0.286. The van der Waals surface area contributed by atoms with E-state index in [2.05, 4.69) is 0 Å². The summed E-state index contributed by atoms with van der Waals surface area (Å²) in [5, 5.41) is 1.24. The molecule has 0 N–H and O–H groups in total. The van der Waals surface area contributed by atoms with E-state index in [-0.39, 0.29) is 5.91 Å². The van der Waals surface area contributed by atoms with Crippen LogP contribution in [0.4, 0.5) is 5.69 Å². The third-order valence-corrected chi connectivity index (χ3v) is 6.31. The van der Waals surface area contributed by atoms with Gasteiger partial charge < -0.3 is 9.80 Å². The van der Waals surface area contributed by atoms with E-state index in [0.717, 1.165) is 11.3 Å². The van der Waals surface area contributed by atoms with Crippen LogP contribution in [0.2, 0.25) is 0 Å². The third-order valence-electron chi connectivity index (χ3n) is 4.75. The highest BCUT2D eigenvalue weighted by Crippen LogP contribution is 2.16. The van der Waals surface area contributed by atoms with E-state index in [4.69, 9.17) is 0 Å². The van der Waals surface area contributed by atoms with Crippen LogP contribution in [0.3, 0.4) is 0 Å². The largest absolute Gasteiger partial charge is 0.378 e. The number of nitrogens with zero attached hydrogens (tertiary/aromatic N) is 3.